The minimum atomic E-state index is -0.411. The van der Waals surface area contributed by atoms with Crippen LogP contribution in [0.4, 0.5) is 8.78 Å². The topological polar surface area (TPSA) is 0 Å². The van der Waals surface area contributed by atoms with Crippen molar-refractivity contribution in [2.24, 2.45) is 5.92 Å². The van der Waals surface area contributed by atoms with Crippen LogP contribution in [0.15, 0.2) is 42.5 Å². The zero-order valence-corrected chi connectivity index (χ0v) is 12.1. The summed E-state index contributed by atoms with van der Waals surface area (Å²) in [5, 5.41) is 0. The van der Waals surface area contributed by atoms with Crippen molar-refractivity contribution in [2.75, 3.05) is 5.88 Å². The van der Waals surface area contributed by atoms with Crippen LogP contribution in [-0.4, -0.2) is 5.88 Å². The van der Waals surface area contributed by atoms with Crippen LogP contribution in [0.25, 0.3) is 0 Å². The molecule has 1 atom stereocenters. The van der Waals surface area contributed by atoms with Gasteiger partial charge in [0.05, 0.1) is 0 Å². The lowest BCUT2D eigenvalue weighted by Crippen LogP contribution is -2.12. The summed E-state index contributed by atoms with van der Waals surface area (Å²) >= 11 is 6.00. The van der Waals surface area contributed by atoms with Crippen molar-refractivity contribution in [2.45, 2.75) is 19.8 Å². The number of halogens is 3. The van der Waals surface area contributed by atoms with E-state index in [0.717, 1.165) is 12.5 Å². The van der Waals surface area contributed by atoms with Crippen LogP contribution in [0.1, 0.15) is 16.7 Å². The van der Waals surface area contributed by atoms with E-state index in [1.54, 1.807) is 0 Å². The molecule has 0 bridgehead atoms. The summed E-state index contributed by atoms with van der Waals surface area (Å²) in [7, 11) is 0. The van der Waals surface area contributed by atoms with Crippen molar-refractivity contribution in [3.63, 3.8) is 0 Å². The molecule has 2 aromatic rings. The zero-order chi connectivity index (χ0) is 14.5. The van der Waals surface area contributed by atoms with Gasteiger partial charge in [0.1, 0.15) is 11.6 Å². The van der Waals surface area contributed by atoms with Crippen molar-refractivity contribution >= 4 is 11.6 Å². The third-order valence-corrected chi connectivity index (χ3v) is 3.94. The van der Waals surface area contributed by atoms with Gasteiger partial charge in [0, 0.05) is 5.88 Å². The van der Waals surface area contributed by atoms with Crippen LogP contribution < -0.4 is 0 Å². The lowest BCUT2D eigenvalue weighted by atomic mass is 9.92. The molecule has 20 heavy (non-hydrogen) atoms. The zero-order valence-electron chi connectivity index (χ0n) is 11.4. The quantitative estimate of drug-likeness (QED) is 0.687. The van der Waals surface area contributed by atoms with Gasteiger partial charge in [-0.3, -0.25) is 0 Å². The molecule has 0 amide bonds. The third-order valence-electron chi connectivity index (χ3n) is 3.50. The van der Waals surface area contributed by atoms with Crippen molar-refractivity contribution in [1.29, 1.82) is 0 Å². The van der Waals surface area contributed by atoms with E-state index in [2.05, 4.69) is 6.07 Å². The largest absolute Gasteiger partial charge is 0.207 e. The molecular weight excluding hydrogens is 278 g/mol. The summed E-state index contributed by atoms with van der Waals surface area (Å²) in [5.74, 6) is -0.268. The number of aryl methyl sites for hydroxylation is 1. The van der Waals surface area contributed by atoms with Crippen LogP contribution >= 0.6 is 11.6 Å². The number of rotatable bonds is 5. The fraction of sp³-hybridized carbons (Fsp3) is 0.294. The fourth-order valence-corrected chi connectivity index (χ4v) is 2.56. The molecule has 1 unspecified atom stereocenters. The summed E-state index contributed by atoms with van der Waals surface area (Å²) in [6.45, 7) is 2.05. The van der Waals surface area contributed by atoms with Crippen LogP contribution in [0.2, 0.25) is 0 Å². The SMILES string of the molecule is Cc1ccccc1CC(CCl)Cc1cc(F)ccc1F. The molecule has 0 saturated heterocycles. The Morgan fingerprint density at radius 3 is 2.40 bits per heavy atom. The molecule has 0 aliphatic heterocycles. The van der Waals surface area contributed by atoms with Gasteiger partial charge < -0.3 is 0 Å². The first-order valence-electron chi connectivity index (χ1n) is 6.64. The minimum absolute atomic E-state index is 0.0917. The molecule has 106 valence electrons. The highest BCUT2D eigenvalue weighted by Crippen LogP contribution is 2.20. The molecule has 0 spiro atoms. The lowest BCUT2D eigenvalue weighted by molar-refractivity contribution is 0.536. The molecule has 0 nitrogen and oxygen atoms in total. The first-order chi connectivity index (χ1) is 9.60. The van der Waals surface area contributed by atoms with Gasteiger partial charge in [0.2, 0.25) is 0 Å². The summed E-state index contributed by atoms with van der Waals surface area (Å²) < 4.78 is 26.9. The molecule has 0 N–H and O–H groups in total. The van der Waals surface area contributed by atoms with E-state index in [1.165, 1.54) is 23.3 Å². The molecular formula is C17H17ClF2. The molecule has 0 saturated carbocycles. The second-order valence-electron chi connectivity index (χ2n) is 5.09. The number of benzene rings is 2. The fourth-order valence-electron chi connectivity index (χ4n) is 2.34. The van der Waals surface area contributed by atoms with Crippen molar-refractivity contribution in [3.05, 3.63) is 70.8 Å². The van der Waals surface area contributed by atoms with Gasteiger partial charge in [-0.1, -0.05) is 24.3 Å². The van der Waals surface area contributed by atoms with Gasteiger partial charge in [0.15, 0.2) is 0 Å². The molecule has 0 aromatic heterocycles. The second-order valence-corrected chi connectivity index (χ2v) is 5.40. The Balaban J connectivity index is 2.13. The summed E-state index contributed by atoms with van der Waals surface area (Å²) in [5.41, 5.74) is 2.79. The summed E-state index contributed by atoms with van der Waals surface area (Å²) in [6, 6.07) is 11.6. The molecule has 0 aliphatic rings. The smallest absolute Gasteiger partial charge is 0.126 e. The van der Waals surface area contributed by atoms with E-state index in [4.69, 9.17) is 11.6 Å². The van der Waals surface area contributed by atoms with Gasteiger partial charge in [-0.05, 0) is 60.6 Å². The standard InChI is InChI=1S/C17H17ClF2/c1-12-4-2-3-5-14(12)8-13(11-18)9-15-10-16(19)6-7-17(15)20/h2-7,10,13H,8-9,11H2,1H3. The van der Waals surface area contributed by atoms with Gasteiger partial charge in [-0.25, -0.2) is 8.78 Å². The Kier molecular flexibility index (Phi) is 5.13. The highest BCUT2D eigenvalue weighted by Gasteiger charge is 2.14. The number of alkyl halides is 1. The molecule has 2 rings (SSSR count). The van der Waals surface area contributed by atoms with E-state index >= 15 is 0 Å². The monoisotopic (exact) mass is 294 g/mol. The van der Waals surface area contributed by atoms with E-state index < -0.39 is 5.82 Å². The maximum atomic E-state index is 13.7. The minimum Gasteiger partial charge on any atom is -0.207 e. The summed E-state index contributed by atoms with van der Waals surface area (Å²) in [6.07, 6.45) is 1.22. The van der Waals surface area contributed by atoms with E-state index in [0.29, 0.717) is 17.9 Å². The predicted molar refractivity (Wildman–Crippen MR) is 79.2 cm³/mol. The Morgan fingerprint density at radius 2 is 1.70 bits per heavy atom. The van der Waals surface area contributed by atoms with Gasteiger partial charge in [-0.2, -0.15) is 0 Å². The first-order valence-corrected chi connectivity index (χ1v) is 7.18. The molecule has 0 heterocycles. The van der Waals surface area contributed by atoms with Crippen LogP contribution in [0.3, 0.4) is 0 Å². The van der Waals surface area contributed by atoms with E-state index in [9.17, 15) is 8.78 Å². The average molecular weight is 295 g/mol. The maximum absolute atomic E-state index is 13.7. The second kappa shape index (κ2) is 6.85. The maximum Gasteiger partial charge on any atom is 0.126 e. The Morgan fingerprint density at radius 1 is 1.00 bits per heavy atom. The van der Waals surface area contributed by atoms with Crippen LogP contribution in [-0.2, 0) is 12.8 Å². The first kappa shape index (κ1) is 15.0. The summed E-state index contributed by atoms with van der Waals surface area (Å²) in [4.78, 5) is 0. The van der Waals surface area contributed by atoms with E-state index in [-0.39, 0.29) is 11.7 Å². The van der Waals surface area contributed by atoms with Crippen molar-refractivity contribution in [1.82, 2.24) is 0 Å². The van der Waals surface area contributed by atoms with Gasteiger partial charge >= 0.3 is 0 Å². The van der Waals surface area contributed by atoms with Crippen LogP contribution in [0, 0.1) is 24.5 Å². The average Bonchev–Trinajstić information content (AvgIpc) is 2.44. The Bertz CT molecular complexity index is 581. The number of hydrogen-bond acceptors (Lipinski definition) is 0. The molecule has 0 radical (unpaired) electrons. The molecule has 2 aromatic carbocycles. The molecule has 0 aliphatic carbocycles. The highest BCUT2D eigenvalue weighted by molar-refractivity contribution is 6.18. The molecule has 0 fully saturated rings. The normalized spacial score (nSPS) is 12.4. The molecule has 3 heteroatoms. The van der Waals surface area contributed by atoms with Gasteiger partial charge in [0.25, 0.3) is 0 Å². The number of hydrogen-bond donors (Lipinski definition) is 0. The highest BCUT2D eigenvalue weighted by atomic mass is 35.5. The Labute approximate surface area is 123 Å². The Hall–Kier alpha value is -1.41. The predicted octanol–water partition coefficient (Wildman–Crippen LogP) is 4.91. The van der Waals surface area contributed by atoms with E-state index in [1.807, 2.05) is 25.1 Å². The van der Waals surface area contributed by atoms with Gasteiger partial charge in [-0.15, -0.1) is 11.6 Å². The lowest BCUT2D eigenvalue weighted by Gasteiger charge is -2.16. The van der Waals surface area contributed by atoms with Crippen molar-refractivity contribution < 1.29 is 8.78 Å². The third kappa shape index (κ3) is 3.80. The van der Waals surface area contributed by atoms with Crippen LogP contribution in [0.5, 0.6) is 0 Å². The van der Waals surface area contributed by atoms with Crippen molar-refractivity contribution in [3.8, 4) is 0 Å².